The molecule has 0 heterocycles. The second-order valence-electron chi connectivity index (χ2n) is 5.20. The Kier molecular flexibility index (Phi) is 5.82. The number of nitrogens with one attached hydrogen (secondary N) is 1. The zero-order valence-corrected chi connectivity index (χ0v) is 14.8. The van der Waals surface area contributed by atoms with Crippen LogP contribution in [0.15, 0.2) is 35.4 Å². The molecular weight excluding hydrogens is 328 g/mol. The summed E-state index contributed by atoms with van der Waals surface area (Å²) in [6, 6.07) is 8.84. The van der Waals surface area contributed by atoms with Crippen molar-refractivity contribution in [1.82, 2.24) is 5.43 Å². The van der Waals surface area contributed by atoms with E-state index >= 15 is 0 Å². The van der Waals surface area contributed by atoms with E-state index in [0.717, 1.165) is 22.4 Å². The molecule has 0 spiro atoms. The first kappa shape index (κ1) is 17.8. The van der Waals surface area contributed by atoms with Crippen LogP contribution in [-0.4, -0.2) is 26.3 Å². The number of halogens is 1. The number of hydrogen-bond acceptors (Lipinski definition) is 4. The number of nitrogens with zero attached hydrogens (tertiary/aromatic N) is 1. The van der Waals surface area contributed by atoms with Gasteiger partial charge in [0.1, 0.15) is 11.5 Å². The number of hydrogen-bond donors (Lipinski definition) is 1. The Balaban J connectivity index is 2.17. The fraction of sp³-hybridized carbons (Fsp3) is 0.222. The van der Waals surface area contributed by atoms with Gasteiger partial charge in [-0.15, -0.1) is 0 Å². The lowest BCUT2D eigenvalue weighted by Crippen LogP contribution is -2.18. The molecule has 5 nitrogen and oxygen atoms in total. The Morgan fingerprint density at radius 2 is 1.92 bits per heavy atom. The Morgan fingerprint density at radius 1 is 1.17 bits per heavy atom. The van der Waals surface area contributed by atoms with E-state index in [1.165, 1.54) is 6.21 Å². The van der Waals surface area contributed by atoms with Crippen LogP contribution < -0.4 is 14.9 Å². The summed E-state index contributed by atoms with van der Waals surface area (Å²) in [5.41, 5.74) is 5.41. The third-order valence-electron chi connectivity index (χ3n) is 3.55. The van der Waals surface area contributed by atoms with Crippen LogP contribution in [0.1, 0.15) is 27.0 Å². The zero-order valence-electron chi connectivity index (χ0n) is 14.0. The highest BCUT2D eigenvalue weighted by molar-refractivity contribution is 6.33. The summed E-state index contributed by atoms with van der Waals surface area (Å²) in [6.45, 7) is 3.80. The summed E-state index contributed by atoms with van der Waals surface area (Å²) in [5, 5.41) is 4.37. The first-order chi connectivity index (χ1) is 11.5. The lowest BCUT2D eigenvalue weighted by Gasteiger charge is -2.12. The van der Waals surface area contributed by atoms with Gasteiger partial charge in [0.25, 0.3) is 5.91 Å². The summed E-state index contributed by atoms with van der Waals surface area (Å²) in [5.74, 6) is 0.987. The Morgan fingerprint density at radius 3 is 2.54 bits per heavy atom. The molecule has 0 fully saturated rings. The number of benzene rings is 2. The van der Waals surface area contributed by atoms with Crippen LogP contribution in [0, 0.1) is 13.8 Å². The molecule has 24 heavy (non-hydrogen) atoms. The zero-order chi connectivity index (χ0) is 17.7. The third-order valence-corrected chi connectivity index (χ3v) is 3.86. The topological polar surface area (TPSA) is 59.9 Å². The fourth-order valence-electron chi connectivity index (χ4n) is 2.31. The van der Waals surface area contributed by atoms with E-state index in [2.05, 4.69) is 10.5 Å². The van der Waals surface area contributed by atoms with Gasteiger partial charge in [-0.05, 0) is 43.7 Å². The van der Waals surface area contributed by atoms with Crippen molar-refractivity contribution in [2.24, 2.45) is 5.10 Å². The first-order valence-electron chi connectivity index (χ1n) is 7.29. The van der Waals surface area contributed by atoms with Gasteiger partial charge in [-0.2, -0.15) is 5.10 Å². The largest absolute Gasteiger partial charge is 0.496 e. The monoisotopic (exact) mass is 346 g/mol. The normalized spacial score (nSPS) is 10.7. The van der Waals surface area contributed by atoms with Gasteiger partial charge in [0.2, 0.25) is 0 Å². The number of hydrazone groups is 1. The molecule has 0 saturated heterocycles. The lowest BCUT2D eigenvalue weighted by atomic mass is 10.1. The van der Waals surface area contributed by atoms with Gasteiger partial charge >= 0.3 is 0 Å². The highest BCUT2D eigenvalue weighted by Gasteiger charge is 2.11. The number of ether oxygens (including phenoxy) is 2. The summed E-state index contributed by atoms with van der Waals surface area (Å²) in [6.07, 6.45) is 1.52. The Bertz CT molecular complexity index is 788. The number of amides is 1. The van der Waals surface area contributed by atoms with Crippen molar-refractivity contribution in [2.45, 2.75) is 13.8 Å². The van der Waals surface area contributed by atoms with Crippen LogP contribution in [0.3, 0.4) is 0 Å². The second kappa shape index (κ2) is 7.84. The van der Waals surface area contributed by atoms with Gasteiger partial charge in [0.15, 0.2) is 0 Å². The SMILES string of the molecule is COc1ccc(/C=N\NC(=O)c2ccc(C)cc2Cl)c(OC)c1C. The van der Waals surface area contributed by atoms with Crippen LogP contribution in [0.5, 0.6) is 11.5 Å². The number of carbonyl (C=O) groups is 1. The summed E-state index contributed by atoms with van der Waals surface area (Å²) in [7, 11) is 3.17. The van der Waals surface area contributed by atoms with Crippen LogP contribution in [0.25, 0.3) is 0 Å². The van der Waals surface area contributed by atoms with E-state index < -0.39 is 0 Å². The smallest absolute Gasteiger partial charge is 0.272 e. The van der Waals surface area contributed by atoms with Gasteiger partial charge in [0.05, 0.1) is 31.0 Å². The molecule has 0 aliphatic carbocycles. The first-order valence-corrected chi connectivity index (χ1v) is 7.67. The van der Waals surface area contributed by atoms with Gasteiger partial charge in [-0.25, -0.2) is 5.43 Å². The second-order valence-corrected chi connectivity index (χ2v) is 5.60. The molecule has 1 amide bonds. The standard InChI is InChI=1S/C18H19ClN2O3/c1-11-5-7-14(15(19)9-11)18(22)21-20-10-13-6-8-16(23-3)12(2)17(13)24-4/h5-10H,1-4H3,(H,21,22)/b20-10-. The predicted molar refractivity (Wildman–Crippen MR) is 95.5 cm³/mol. The number of methoxy groups -OCH3 is 2. The molecule has 6 heteroatoms. The average molecular weight is 347 g/mol. The highest BCUT2D eigenvalue weighted by atomic mass is 35.5. The molecule has 0 saturated carbocycles. The number of rotatable bonds is 5. The Labute approximate surface area is 146 Å². The van der Waals surface area contributed by atoms with E-state index in [1.54, 1.807) is 32.4 Å². The number of carbonyl (C=O) groups excluding carboxylic acids is 1. The van der Waals surface area contributed by atoms with E-state index in [4.69, 9.17) is 21.1 Å². The lowest BCUT2D eigenvalue weighted by molar-refractivity contribution is 0.0955. The summed E-state index contributed by atoms with van der Waals surface area (Å²) >= 11 is 6.08. The molecule has 0 radical (unpaired) electrons. The minimum atomic E-state index is -0.375. The van der Waals surface area contributed by atoms with Crippen LogP contribution in [0.4, 0.5) is 0 Å². The quantitative estimate of drug-likeness (QED) is 0.662. The molecule has 1 N–H and O–H groups in total. The van der Waals surface area contributed by atoms with E-state index in [0.29, 0.717) is 16.3 Å². The van der Waals surface area contributed by atoms with Gasteiger partial charge < -0.3 is 9.47 Å². The average Bonchev–Trinajstić information content (AvgIpc) is 2.55. The van der Waals surface area contributed by atoms with Crippen molar-refractivity contribution in [1.29, 1.82) is 0 Å². The van der Waals surface area contributed by atoms with Gasteiger partial charge in [-0.1, -0.05) is 17.7 Å². The molecule has 2 aromatic carbocycles. The maximum absolute atomic E-state index is 12.1. The Hall–Kier alpha value is -2.53. The highest BCUT2D eigenvalue weighted by Crippen LogP contribution is 2.30. The van der Waals surface area contributed by atoms with E-state index in [9.17, 15) is 4.79 Å². The van der Waals surface area contributed by atoms with E-state index in [1.807, 2.05) is 26.0 Å². The van der Waals surface area contributed by atoms with Crippen LogP contribution in [0.2, 0.25) is 5.02 Å². The molecule has 0 atom stereocenters. The minimum Gasteiger partial charge on any atom is -0.496 e. The van der Waals surface area contributed by atoms with Crippen molar-refractivity contribution in [2.75, 3.05) is 14.2 Å². The van der Waals surface area contributed by atoms with Crippen LogP contribution in [-0.2, 0) is 0 Å². The minimum absolute atomic E-state index is 0.372. The van der Waals surface area contributed by atoms with Crippen molar-refractivity contribution < 1.29 is 14.3 Å². The molecule has 0 aromatic heterocycles. The third kappa shape index (κ3) is 3.86. The molecule has 0 unspecified atom stereocenters. The van der Waals surface area contributed by atoms with Crippen molar-refractivity contribution in [3.05, 3.63) is 57.6 Å². The maximum atomic E-state index is 12.1. The van der Waals surface area contributed by atoms with Crippen molar-refractivity contribution in [3.63, 3.8) is 0 Å². The summed E-state index contributed by atoms with van der Waals surface area (Å²) < 4.78 is 10.6. The predicted octanol–water partition coefficient (Wildman–Crippen LogP) is 3.74. The van der Waals surface area contributed by atoms with Crippen molar-refractivity contribution >= 4 is 23.7 Å². The number of aryl methyl sites for hydroxylation is 1. The van der Waals surface area contributed by atoms with Crippen molar-refractivity contribution in [3.8, 4) is 11.5 Å². The molecule has 0 aliphatic rings. The molecular formula is C18H19ClN2O3. The molecule has 2 aromatic rings. The fourth-order valence-corrected chi connectivity index (χ4v) is 2.63. The van der Waals surface area contributed by atoms with E-state index in [-0.39, 0.29) is 5.91 Å². The van der Waals surface area contributed by atoms with Gasteiger partial charge in [-0.3, -0.25) is 4.79 Å². The molecule has 126 valence electrons. The van der Waals surface area contributed by atoms with Gasteiger partial charge in [0, 0.05) is 11.1 Å². The molecule has 0 bridgehead atoms. The summed E-state index contributed by atoms with van der Waals surface area (Å²) in [4.78, 5) is 12.1. The van der Waals surface area contributed by atoms with Crippen LogP contribution >= 0.6 is 11.6 Å². The molecule has 0 aliphatic heterocycles. The maximum Gasteiger partial charge on any atom is 0.272 e. The molecule has 2 rings (SSSR count).